The fraction of sp³-hybridized carbons (Fsp3) is 0.909. The van der Waals surface area contributed by atoms with Gasteiger partial charge in [0.2, 0.25) is 0 Å². The first-order valence-electron chi connectivity index (χ1n) is 5.60. The Morgan fingerprint density at radius 1 is 1.21 bits per heavy atom. The van der Waals surface area contributed by atoms with Gasteiger partial charge in [0.05, 0.1) is 0 Å². The van der Waals surface area contributed by atoms with Gasteiger partial charge in [-0.05, 0) is 37.6 Å². The van der Waals surface area contributed by atoms with Crippen LogP contribution in [0.2, 0.25) is 0 Å². The number of rotatable bonds is 2. The summed E-state index contributed by atoms with van der Waals surface area (Å²) in [5, 5.41) is 9.17. The normalized spacial score (nSPS) is 43.6. The summed E-state index contributed by atoms with van der Waals surface area (Å²) in [6, 6.07) is 0.323. The molecule has 0 radical (unpaired) electrons. The van der Waals surface area contributed by atoms with E-state index in [0.29, 0.717) is 17.9 Å². The van der Waals surface area contributed by atoms with Gasteiger partial charge in [0.15, 0.2) is 0 Å². The predicted octanol–water partition coefficient (Wildman–Crippen LogP) is 1.58. The Hall–Kier alpha value is -0.570. The van der Waals surface area contributed by atoms with Gasteiger partial charge in [-0.3, -0.25) is 9.69 Å². The molecule has 2 rings (SSSR count). The van der Waals surface area contributed by atoms with Gasteiger partial charge >= 0.3 is 5.97 Å². The van der Waals surface area contributed by atoms with Crippen LogP contribution in [0.3, 0.4) is 0 Å². The molecule has 1 aliphatic heterocycles. The highest BCUT2D eigenvalue weighted by Crippen LogP contribution is 2.37. The number of aliphatic carboxylic acids is 1. The highest BCUT2D eigenvalue weighted by Gasteiger charge is 2.44. The van der Waals surface area contributed by atoms with Gasteiger partial charge in [0, 0.05) is 6.04 Å². The van der Waals surface area contributed by atoms with Crippen molar-refractivity contribution in [3.05, 3.63) is 0 Å². The molecule has 3 nitrogen and oxygen atoms in total. The van der Waals surface area contributed by atoms with Crippen LogP contribution in [0.4, 0.5) is 0 Å². The van der Waals surface area contributed by atoms with Crippen molar-refractivity contribution in [2.45, 2.75) is 45.2 Å². The second kappa shape index (κ2) is 3.54. The Labute approximate surface area is 85.1 Å². The standard InChI is InChI=1S/C11H19NO2/c1-7-3-4-9(7)12-6-5-8(2)10(12)11(13)14/h7-10H,3-6H2,1-2H3,(H,13,14). The van der Waals surface area contributed by atoms with E-state index in [0.717, 1.165) is 13.0 Å². The lowest BCUT2D eigenvalue weighted by atomic mass is 9.79. The third-order valence-electron chi connectivity index (χ3n) is 3.99. The SMILES string of the molecule is CC1CCC1N1CCC(C)C1C(=O)O. The van der Waals surface area contributed by atoms with Gasteiger partial charge < -0.3 is 5.11 Å². The zero-order chi connectivity index (χ0) is 10.3. The van der Waals surface area contributed by atoms with E-state index in [-0.39, 0.29) is 6.04 Å². The van der Waals surface area contributed by atoms with E-state index >= 15 is 0 Å². The summed E-state index contributed by atoms with van der Waals surface area (Å²) in [6.45, 7) is 5.27. The molecule has 0 aromatic rings. The molecule has 0 aromatic heterocycles. The van der Waals surface area contributed by atoms with E-state index in [2.05, 4.69) is 18.7 Å². The van der Waals surface area contributed by atoms with Crippen LogP contribution in [0, 0.1) is 11.8 Å². The Kier molecular flexibility index (Phi) is 2.52. The van der Waals surface area contributed by atoms with Crippen molar-refractivity contribution in [2.75, 3.05) is 6.54 Å². The number of likely N-dealkylation sites (tertiary alicyclic amines) is 1. The van der Waals surface area contributed by atoms with Crippen molar-refractivity contribution >= 4 is 5.97 Å². The first-order valence-corrected chi connectivity index (χ1v) is 5.60. The van der Waals surface area contributed by atoms with E-state index in [9.17, 15) is 4.79 Å². The summed E-state index contributed by atoms with van der Waals surface area (Å²) in [4.78, 5) is 13.4. The maximum Gasteiger partial charge on any atom is 0.321 e. The molecule has 2 fully saturated rings. The van der Waals surface area contributed by atoms with Crippen LogP contribution < -0.4 is 0 Å². The van der Waals surface area contributed by atoms with Gasteiger partial charge in [-0.25, -0.2) is 0 Å². The molecule has 1 N–H and O–H groups in total. The van der Waals surface area contributed by atoms with E-state index < -0.39 is 5.97 Å². The molecule has 0 aromatic carbocycles. The lowest BCUT2D eigenvalue weighted by Gasteiger charge is -2.43. The van der Waals surface area contributed by atoms with Crippen LogP contribution in [0.15, 0.2) is 0 Å². The number of hydrogen-bond acceptors (Lipinski definition) is 2. The Morgan fingerprint density at radius 2 is 1.93 bits per heavy atom. The first kappa shape index (κ1) is 9.97. The van der Waals surface area contributed by atoms with Crippen molar-refractivity contribution < 1.29 is 9.90 Å². The van der Waals surface area contributed by atoms with Crippen molar-refractivity contribution in [3.8, 4) is 0 Å². The van der Waals surface area contributed by atoms with Gasteiger partial charge in [0.25, 0.3) is 0 Å². The summed E-state index contributed by atoms with van der Waals surface area (Å²) >= 11 is 0. The molecule has 1 heterocycles. The summed E-state index contributed by atoms with van der Waals surface area (Å²) in [5.41, 5.74) is 0. The Balaban J connectivity index is 2.07. The highest BCUT2D eigenvalue weighted by molar-refractivity contribution is 5.74. The molecule has 80 valence electrons. The van der Waals surface area contributed by atoms with Crippen LogP contribution in [0.5, 0.6) is 0 Å². The fourth-order valence-electron chi connectivity index (χ4n) is 2.88. The number of carboxylic acid groups (broad SMARTS) is 1. The summed E-state index contributed by atoms with van der Waals surface area (Å²) in [6.07, 6.45) is 3.50. The molecule has 14 heavy (non-hydrogen) atoms. The number of carboxylic acids is 1. The number of hydrogen-bond donors (Lipinski definition) is 1. The quantitative estimate of drug-likeness (QED) is 0.730. The zero-order valence-electron chi connectivity index (χ0n) is 8.94. The topological polar surface area (TPSA) is 40.5 Å². The molecule has 3 heteroatoms. The van der Waals surface area contributed by atoms with E-state index in [1.165, 1.54) is 12.8 Å². The Morgan fingerprint density at radius 3 is 2.36 bits per heavy atom. The minimum atomic E-state index is -0.630. The number of carbonyl (C=O) groups is 1. The van der Waals surface area contributed by atoms with Crippen LogP contribution in [0.25, 0.3) is 0 Å². The lowest BCUT2D eigenvalue weighted by molar-refractivity contribution is -0.145. The van der Waals surface area contributed by atoms with Crippen LogP contribution >= 0.6 is 0 Å². The maximum absolute atomic E-state index is 11.1. The molecule has 1 saturated carbocycles. The van der Waals surface area contributed by atoms with Gasteiger partial charge in [-0.15, -0.1) is 0 Å². The van der Waals surface area contributed by atoms with Crippen LogP contribution in [0.1, 0.15) is 33.1 Å². The molecule has 0 bridgehead atoms. The lowest BCUT2D eigenvalue weighted by Crippen LogP contribution is -2.51. The van der Waals surface area contributed by atoms with E-state index in [4.69, 9.17) is 5.11 Å². The van der Waals surface area contributed by atoms with Crippen molar-refractivity contribution in [2.24, 2.45) is 11.8 Å². The molecular weight excluding hydrogens is 178 g/mol. The minimum absolute atomic E-state index is 0.220. The van der Waals surface area contributed by atoms with E-state index in [1.54, 1.807) is 0 Å². The predicted molar refractivity (Wildman–Crippen MR) is 54.1 cm³/mol. The second-order valence-electron chi connectivity index (χ2n) is 4.91. The molecular formula is C11H19NO2. The molecule has 1 saturated heterocycles. The van der Waals surface area contributed by atoms with Crippen molar-refractivity contribution in [1.82, 2.24) is 4.90 Å². The maximum atomic E-state index is 11.1. The Bertz CT molecular complexity index is 241. The van der Waals surface area contributed by atoms with Gasteiger partial charge in [0.1, 0.15) is 6.04 Å². The van der Waals surface area contributed by atoms with Gasteiger partial charge in [-0.1, -0.05) is 13.8 Å². The highest BCUT2D eigenvalue weighted by atomic mass is 16.4. The second-order valence-corrected chi connectivity index (χ2v) is 4.91. The molecule has 4 atom stereocenters. The zero-order valence-corrected chi connectivity index (χ0v) is 8.94. The average Bonchev–Trinajstić information content (AvgIpc) is 2.45. The first-order chi connectivity index (χ1) is 6.61. The smallest absolute Gasteiger partial charge is 0.321 e. The molecule has 4 unspecified atom stereocenters. The van der Waals surface area contributed by atoms with Crippen molar-refractivity contribution in [3.63, 3.8) is 0 Å². The third-order valence-corrected chi connectivity index (χ3v) is 3.99. The monoisotopic (exact) mass is 197 g/mol. The number of nitrogens with zero attached hydrogens (tertiary/aromatic N) is 1. The largest absolute Gasteiger partial charge is 0.480 e. The third kappa shape index (κ3) is 1.44. The summed E-state index contributed by atoms with van der Waals surface area (Å²) in [7, 11) is 0. The average molecular weight is 197 g/mol. The molecule has 0 amide bonds. The van der Waals surface area contributed by atoms with Gasteiger partial charge in [-0.2, -0.15) is 0 Å². The van der Waals surface area contributed by atoms with Crippen molar-refractivity contribution in [1.29, 1.82) is 0 Å². The minimum Gasteiger partial charge on any atom is -0.480 e. The van der Waals surface area contributed by atoms with Crippen LogP contribution in [-0.2, 0) is 4.79 Å². The molecule has 2 aliphatic rings. The molecule has 1 aliphatic carbocycles. The van der Waals surface area contributed by atoms with E-state index in [1.807, 2.05) is 0 Å². The molecule has 0 spiro atoms. The summed E-state index contributed by atoms with van der Waals surface area (Å²) in [5.74, 6) is 0.386. The van der Waals surface area contributed by atoms with Crippen LogP contribution in [-0.4, -0.2) is 34.6 Å². The summed E-state index contributed by atoms with van der Waals surface area (Å²) < 4.78 is 0. The fourth-order valence-corrected chi connectivity index (χ4v) is 2.88.